The number of aliphatic hydroxyl groups excluding tert-OH is 2. The topological polar surface area (TPSA) is 149 Å². The van der Waals surface area contributed by atoms with Crippen molar-refractivity contribution >= 4 is 29.0 Å². The van der Waals surface area contributed by atoms with Crippen LogP contribution in [-0.4, -0.2) is 53.2 Å². The number of amides is 2. The monoisotopic (exact) mass is 398 g/mol. The number of rotatable bonds is 6. The Morgan fingerprint density at radius 3 is 2.48 bits per heavy atom. The molecule has 1 heterocycles. The van der Waals surface area contributed by atoms with Crippen LogP contribution in [0.2, 0.25) is 0 Å². The van der Waals surface area contributed by atoms with Crippen LogP contribution < -0.4 is 16.0 Å². The smallest absolute Gasteiger partial charge is 0.259 e. The minimum Gasteiger partial charge on any atom is -0.392 e. The van der Waals surface area contributed by atoms with Gasteiger partial charge in [0.25, 0.3) is 11.8 Å². The van der Waals surface area contributed by atoms with Gasteiger partial charge >= 0.3 is 0 Å². The fourth-order valence-electron chi connectivity index (χ4n) is 2.96. The van der Waals surface area contributed by atoms with E-state index >= 15 is 0 Å². The second kappa shape index (κ2) is 8.82. The molecule has 1 aliphatic rings. The first-order valence-corrected chi connectivity index (χ1v) is 8.97. The Morgan fingerprint density at radius 1 is 1.24 bits per heavy atom. The van der Waals surface area contributed by atoms with Crippen molar-refractivity contribution in [3.05, 3.63) is 59.7 Å². The molecule has 2 aromatic carbocycles. The number of nitrogens with one attached hydrogen (secondary N) is 2. The van der Waals surface area contributed by atoms with Crippen LogP contribution in [0.15, 0.2) is 48.5 Å². The molecule has 3 rings (SSSR count). The number of carbonyl (C=O) groups excluding carboxylic acids is 2. The van der Waals surface area contributed by atoms with Crippen molar-refractivity contribution in [1.82, 2.24) is 0 Å². The molecule has 0 aliphatic carbocycles. The molecule has 29 heavy (non-hydrogen) atoms. The Bertz CT molecular complexity index is 898. The van der Waals surface area contributed by atoms with Crippen molar-refractivity contribution in [1.29, 1.82) is 5.41 Å². The third kappa shape index (κ3) is 4.60. The molecule has 9 nitrogen and oxygen atoms in total. The summed E-state index contributed by atoms with van der Waals surface area (Å²) in [6.07, 6.45) is -3.03. The lowest BCUT2D eigenvalue weighted by Crippen LogP contribution is -2.55. The lowest BCUT2D eigenvalue weighted by Gasteiger charge is -2.34. The minimum atomic E-state index is -1.70. The summed E-state index contributed by atoms with van der Waals surface area (Å²) in [6, 6.07) is 13.0. The van der Waals surface area contributed by atoms with Gasteiger partial charge in [-0.05, 0) is 42.0 Å². The van der Waals surface area contributed by atoms with E-state index in [2.05, 4.69) is 5.32 Å². The number of anilines is 2. The molecule has 1 unspecified atom stereocenters. The van der Waals surface area contributed by atoms with Gasteiger partial charge in [-0.1, -0.05) is 12.1 Å². The van der Waals surface area contributed by atoms with Crippen LogP contribution in [0.3, 0.4) is 0 Å². The summed E-state index contributed by atoms with van der Waals surface area (Å²) >= 11 is 0. The van der Waals surface area contributed by atoms with Crippen LogP contribution in [0.1, 0.15) is 11.1 Å². The zero-order valence-corrected chi connectivity index (χ0v) is 15.5. The largest absolute Gasteiger partial charge is 0.392 e. The number of hydrogen-bond donors (Lipinski definition) is 5. The molecule has 0 bridgehead atoms. The van der Waals surface area contributed by atoms with Crippen LogP contribution in [-0.2, 0) is 20.9 Å². The lowest BCUT2D eigenvalue weighted by molar-refractivity contribution is -0.150. The van der Waals surface area contributed by atoms with Crippen LogP contribution in [0.5, 0.6) is 0 Å². The van der Waals surface area contributed by atoms with Gasteiger partial charge < -0.3 is 30.9 Å². The summed E-state index contributed by atoms with van der Waals surface area (Å²) in [5.41, 5.74) is 7.57. The maximum absolute atomic E-state index is 12.8. The zero-order valence-electron chi connectivity index (χ0n) is 15.5. The van der Waals surface area contributed by atoms with E-state index in [1.54, 1.807) is 48.5 Å². The zero-order chi connectivity index (χ0) is 21.0. The maximum atomic E-state index is 12.8. The summed E-state index contributed by atoms with van der Waals surface area (Å²) < 4.78 is 5.37. The molecule has 2 amide bonds. The molecule has 2 aromatic rings. The van der Waals surface area contributed by atoms with E-state index in [0.29, 0.717) is 22.5 Å². The van der Waals surface area contributed by atoms with E-state index < -0.39 is 24.0 Å². The highest BCUT2D eigenvalue weighted by molar-refractivity contribution is 6.04. The number of nitrogen functional groups attached to an aromatic ring is 1. The number of aliphatic hydroxyl groups is 2. The molecule has 9 heteroatoms. The van der Waals surface area contributed by atoms with Crippen LogP contribution in [0.4, 0.5) is 11.4 Å². The first-order valence-electron chi connectivity index (χ1n) is 8.97. The minimum absolute atomic E-state index is 0.101. The highest BCUT2D eigenvalue weighted by Crippen LogP contribution is 2.21. The molecule has 6 N–H and O–H groups in total. The Kier molecular flexibility index (Phi) is 6.23. The Labute approximate surface area is 167 Å². The Balaban J connectivity index is 1.68. The summed E-state index contributed by atoms with van der Waals surface area (Å²) in [5, 5.41) is 29.4. The van der Waals surface area contributed by atoms with E-state index in [0.717, 1.165) is 0 Å². The molecule has 1 aliphatic heterocycles. The number of ether oxygens (including phenoxy) is 1. The van der Waals surface area contributed by atoms with Crippen LogP contribution in [0, 0.1) is 5.41 Å². The van der Waals surface area contributed by atoms with Gasteiger partial charge in [0.1, 0.15) is 5.84 Å². The van der Waals surface area contributed by atoms with Crippen LogP contribution >= 0.6 is 0 Å². The number of amidine groups is 1. The molecule has 1 saturated heterocycles. The van der Waals surface area contributed by atoms with Gasteiger partial charge in [0, 0.05) is 23.5 Å². The van der Waals surface area contributed by atoms with E-state index in [1.807, 2.05) is 0 Å². The molecule has 1 fully saturated rings. The number of morpholine rings is 1. The molecule has 0 radical (unpaired) electrons. The van der Waals surface area contributed by atoms with Gasteiger partial charge in [-0.25, -0.2) is 0 Å². The first kappa shape index (κ1) is 20.5. The number of carbonyl (C=O) groups is 2. The van der Waals surface area contributed by atoms with Crippen molar-refractivity contribution in [3.8, 4) is 0 Å². The molecular weight excluding hydrogens is 376 g/mol. The average molecular weight is 398 g/mol. The molecule has 0 saturated carbocycles. The van der Waals surface area contributed by atoms with Crippen molar-refractivity contribution in [3.63, 3.8) is 0 Å². The van der Waals surface area contributed by atoms with Gasteiger partial charge in [-0.2, -0.15) is 0 Å². The fraction of sp³-hybridized carbons (Fsp3) is 0.250. The van der Waals surface area contributed by atoms with Gasteiger partial charge in [-0.3, -0.25) is 15.0 Å². The third-order valence-corrected chi connectivity index (χ3v) is 4.57. The SMILES string of the molecule is N=C(N)c1ccc(NC(=O)C(O)[C@H]2OCCN(c3ccc(CO)cc3)C2=O)cc1. The maximum Gasteiger partial charge on any atom is 0.259 e. The normalized spacial score (nSPS) is 17.7. The van der Waals surface area contributed by atoms with Crippen molar-refractivity contribution < 1.29 is 24.5 Å². The number of hydrogen-bond acceptors (Lipinski definition) is 6. The number of nitrogens with two attached hydrogens (primary N) is 1. The van der Waals surface area contributed by atoms with Crippen molar-refractivity contribution in [2.75, 3.05) is 23.4 Å². The summed E-state index contributed by atoms with van der Waals surface area (Å²) in [4.78, 5) is 26.6. The highest BCUT2D eigenvalue weighted by Gasteiger charge is 2.39. The molecule has 2 atom stereocenters. The quantitative estimate of drug-likeness (QED) is 0.346. The van der Waals surface area contributed by atoms with E-state index in [-0.39, 0.29) is 25.6 Å². The second-order valence-electron chi connectivity index (χ2n) is 6.53. The van der Waals surface area contributed by atoms with Gasteiger partial charge in [0.15, 0.2) is 12.2 Å². The lowest BCUT2D eigenvalue weighted by atomic mass is 10.1. The van der Waals surface area contributed by atoms with Gasteiger partial charge in [-0.15, -0.1) is 0 Å². The Hall–Kier alpha value is -3.27. The standard InChI is InChI=1S/C20H22N4O5/c21-18(22)13-3-5-14(6-4-13)23-19(27)16(26)17-20(28)24(9-10-29-17)15-7-1-12(11-25)2-8-15/h1-8,16-17,25-26H,9-11H2,(H3,21,22)(H,23,27)/t16?,17-/m1/s1. The van der Waals surface area contributed by atoms with E-state index in [4.69, 9.17) is 21.0 Å². The molecule has 0 spiro atoms. The van der Waals surface area contributed by atoms with Crippen molar-refractivity contribution in [2.45, 2.75) is 18.8 Å². The summed E-state index contributed by atoms with van der Waals surface area (Å²) in [6.45, 7) is 0.344. The number of nitrogens with zero attached hydrogens (tertiary/aromatic N) is 1. The molecule has 152 valence electrons. The Morgan fingerprint density at radius 2 is 1.90 bits per heavy atom. The fourth-order valence-corrected chi connectivity index (χ4v) is 2.96. The van der Waals surface area contributed by atoms with Crippen molar-refractivity contribution in [2.24, 2.45) is 5.73 Å². The predicted octanol–water partition coefficient (Wildman–Crippen LogP) is 0.194. The number of benzene rings is 2. The predicted molar refractivity (Wildman–Crippen MR) is 107 cm³/mol. The molecule has 0 aromatic heterocycles. The van der Waals surface area contributed by atoms with E-state index in [9.17, 15) is 14.7 Å². The summed E-state index contributed by atoms with van der Waals surface area (Å²) in [7, 11) is 0. The first-order chi connectivity index (χ1) is 13.9. The highest BCUT2D eigenvalue weighted by atomic mass is 16.5. The second-order valence-corrected chi connectivity index (χ2v) is 6.53. The third-order valence-electron chi connectivity index (χ3n) is 4.57. The average Bonchev–Trinajstić information content (AvgIpc) is 2.74. The van der Waals surface area contributed by atoms with Crippen LogP contribution in [0.25, 0.3) is 0 Å². The van der Waals surface area contributed by atoms with E-state index in [1.165, 1.54) is 4.90 Å². The van der Waals surface area contributed by atoms with Gasteiger partial charge in [0.2, 0.25) is 0 Å². The summed E-state index contributed by atoms with van der Waals surface area (Å²) in [5.74, 6) is -1.41. The van der Waals surface area contributed by atoms with Gasteiger partial charge in [0.05, 0.1) is 13.2 Å². The molecular formula is C20H22N4O5.